The largest absolute Gasteiger partial charge is 0.325 e. The van der Waals surface area contributed by atoms with Crippen LogP contribution in [0.25, 0.3) is 0 Å². The average Bonchev–Trinajstić information content (AvgIpc) is 2.73. The van der Waals surface area contributed by atoms with Gasteiger partial charge in [-0.25, -0.2) is 22.0 Å². The van der Waals surface area contributed by atoms with Crippen LogP contribution in [-0.2, 0) is 31.4 Å². The number of carbonyl (C=O) groups is 1. The first kappa shape index (κ1) is 24.6. The predicted molar refractivity (Wildman–Crippen MR) is 126 cm³/mol. The minimum atomic E-state index is -3.97. The standard InChI is InChI=1S/C23H25N3O5S2/c1-17-6-10-22(11-7-17)33(30,31)26(15-19-5-3-4-18(2)14-19)16-23(27)25-20-8-12-21(13-9-20)32(24,28)29/h3-14H,15-16H2,1-2H3,(H,25,27)(H2,24,28,29). The molecular formula is C23H25N3O5S2. The van der Waals surface area contributed by atoms with Gasteiger partial charge in [0.25, 0.3) is 0 Å². The van der Waals surface area contributed by atoms with E-state index in [1.54, 1.807) is 18.2 Å². The van der Waals surface area contributed by atoms with Crippen molar-refractivity contribution in [3.8, 4) is 0 Å². The third-order valence-electron chi connectivity index (χ3n) is 4.89. The van der Waals surface area contributed by atoms with Crippen molar-refractivity contribution in [1.82, 2.24) is 4.31 Å². The number of benzene rings is 3. The quantitative estimate of drug-likeness (QED) is 0.505. The molecule has 10 heteroatoms. The summed E-state index contributed by atoms with van der Waals surface area (Å²) in [6, 6.07) is 19.1. The van der Waals surface area contributed by atoms with Crippen molar-refractivity contribution in [1.29, 1.82) is 0 Å². The van der Waals surface area contributed by atoms with Gasteiger partial charge in [-0.2, -0.15) is 4.31 Å². The second-order valence-corrected chi connectivity index (χ2v) is 11.2. The molecule has 0 unspecified atom stereocenters. The van der Waals surface area contributed by atoms with E-state index in [0.29, 0.717) is 5.69 Å². The van der Waals surface area contributed by atoms with Gasteiger partial charge in [-0.15, -0.1) is 0 Å². The molecule has 3 aromatic carbocycles. The molecule has 3 rings (SSSR count). The average molecular weight is 488 g/mol. The molecule has 0 aliphatic carbocycles. The van der Waals surface area contributed by atoms with Gasteiger partial charge in [0, 0.05) is 12.2 Å². The van der Waals surface area contributed by atoms with E-state index >= 15 is 0 Å². The van der Waals surface area contributed by atoms with Crippen molar-refractivity contribution >= 4 is 31.6 Å². The Morgan fingerprint density at radius 2 is 1.45 bits per heavy atom. The van der Waals surface area contributed by atoms with Gasteiger partial charge in [0.1, 0.15) is 0 Å². The van der Waals surface area contributed by atoms with E-state index in [2.05, 4.69) is 5.32 Å². The number of aryl methyl sites for hydroxylation is 2. The number of sulfonamides is 2. The van der Waals surface area contributed by atoms with Crippen LogP contribution >= 0.6 is 0 Å². The first-order valence-corrected chi connectivity index (χ1v) is 13.0. The zero-order valence-corrected chi connectivity index (χ0v) is 19.9. The molecule has 174 valence electrons. The molecule has 3 N–H and O–H groups in total. The first-order valence-electron chi connectivity index (χ1n) is 10.0. The third kappa shape index (κ3) is 6.48. The Morgan fingerprint density at radius 3 is 2.03 bits per heavy atom. The van der Waals surface area contributed by atoms with E-state index in [1.165, 1.54) is 36.4 Å². The third-order valence-corrected chi connectivity index (χ3v) is 7.62. The fourth-order valence-corrected chi connectivity index (χ4v) is 5.09. The number of nitrogens with two attached hydrogens (primary N) is 1. The van der Waals surface area contributed by atoms with Crippen molar-refractivity contribution in [3.05, 3.63) is 89.5 Å². The molecule has 33 heavy (non-hydrogen) atoms. The fraction of sp³-hybridized carbons (Fsp3) is 0.174. The highest BCUT2D eigenvalue weighted by molar-refractivity contribution is 7.89. The Kier molecular flexibility index (Phi) is 7.33. The number of anilines is 1. The molecule has 0 radical (unpaired) electrons. The maximum Gasteiger partial charge on any atom is 0.243 e. The molecule has 0 saturated carbocycles. The normalized spacial score (nSPS) is 12.0. The lowest BCUT2D eigenvalue weighted by atomic mass is 10.1. The number of carbonyl (C=O) groups excluding carboxylic acids is 1. The highest BCUT2D eigenvalue weighted by Gasteiger charge is 2.27. The molecule has 0 aliphatic rings. The lowest BCUT2D eigenvalue weighted by Crippen LogP contribution is -2.37. The number of nitrogens with one attached hydrogen (secondary N) is 1. The summed E-state index contributed by atoms with van der Waals surface area (Å²) in [5.41, 5.74) is 2.95. The highest BCUT2D eigenvalue weighted by Crippen LogP contribution is 2.20. The van der Waals surface area contributed by atoms with Crippen LogP contribution in [0.5, 0.6) is 0 Å². The van der Waals surface area contributed by atoms with Crippen LogP contribution < -0.4 is 10.5 Å². The van der Waals surface area contributed by atoms with E-state index in [4.69, 9.17) is 5.14 Å². The summed E-state index contributed by atoms with van der Waals surface area (Å²) < 4.78 is 50.6. The second-order valence-electron chi connectivity index (χ2n) is 7.69. The molecule has 8 nitrogen and oxygen atoms in total. The van der Waals surface area contributed by atoms with Gasteiger partial charge in [0.2, 0.25) is 26.0 Å². The van der Waals surface area contributed by atoms with Crippen molar-refractivity contribution < 1.29 is 21.6 Å². The van der Waals surface area contributed by atoms with Crippen molar-refractivity contribution in [2.45, 2.75) is 30.2 Å². The summed E-state index contributed by atoms with van der Waals surface area (Å²) in [6.45, 7) is 3.34. The van der Waals surface area contributed by atoms with Gasteiger partial charge in [0.05, 0.1) is 16.3 Å². The molecule has 0 heterocycles. The summed E-state index contributed by atoms with van der Waals surface area (Å²) in [5, 5.41) is 7.68. The lowest BCUT2D eigenvalue weighted by molar-refractivity contribution is -0.116. The summed E-state index contributed by atoms with van der Waals surface area (Å²) in [5.74, 6) is -0.568. The monoisotopic (exact) mass is 487 g/mol. The zero-order valence-electron chi connectivity index (χ0n) is 18.2. The number of primary sulfonamides is 1. The predicted octanol–water partition coefficient (Wildman–Crippen LogP) is 2.78. The molecule has 3 aromatic rings. The molecule has 0 atom stereocenters. The van der Waals surface area contributed by atoms with Crippen LogP contribution in [0.4, 0.5) is 5.69 Å². The smallest absolute Gasteiger partial charge is 0.243 e. The van der Waals surface area contributed by atoms with Gasteiger partial charge in [-0.3, -0.25) is 4.79 Å². The summed E-state index contributed by atoms with van der Waals surface area (Å²) >= 11 is 0. The van der Waals surface area contributed by atoms with E-state index in [-0.39, 0.29) is 16.3 Å². The number of hydrogen-bond donors (Lipinski definition) is 2. The number of rotatable bonds is 8. The van der Waals surface area contributed by atoms with Crippen LogP contribution in [0.1, 0.15) is 16.7 Å². The fourth-order valence-electron chi connectivity index (χ4n) is 3.19. The minimum Gasteiger partial charge on any atom is -0.325 e. The number of amides is 1. The highest BCUT2D eigenvalue weighted by atomic mass is 32.2. The maximum atomic E-state index is 13.3. The molecular weight excluding hydrogens is 462 g/mol. The molecule has 0 spiro atoms. The number of nitrogens with zero attached hydrogens (tertiary/aromatic N) is 1. The number of hydrogen-bond acceptors (Lipinski definition) is 5. The van der Waals surface area contributed by atoms with Crippen LogP contribution in [0.2, 0.25) is 0 Å². The van der Waals surface area contributed by atoms with Gasteiger partial charge < -0.3 is 5.32 Å². The summed E-state index contributed by atoms with van der Waals surface area (Å²) in [7, 11) is -7.82. The lowest BCUT2D eigenvalue weighted by Gasteiger charge is -2.22. The molecule has 0 aliphatic heterocycles. The van der Waals surface area contributed by atoms with Crippen LogP contribution in [0.3, 0.4) is 0 Å². The SMILES string of the molecule is Cc1ccc(S(=O)(=O)N(CC(=O)Nc2ccc(S(N)(=O)=O)cc2)Cc2cccc(C)c2)cc1. The van der Waals surface area contributed by atoms with E-state index in [1.807, 2.05) is 32.0 Å². The molecule has 0 aromatic heterocycles. The van der Waals surface area contributed by atoms with E-state index < -0.39 is 32.5 Å². The van der Waals surface area contributed by atoms with Crippen LogP contribution in [0, 0.1) is 13.8 Å². The molecule has 1 amide bonds. The molecule has 0 saturated heterocycles. The van der Waals surface area contributed by atoms with Crippen LogP contribution in [0.15, 0.2) is 82.6 Å². The molecule has 0 bridgehead atoms. The van der Waals surface area contributed by atoms with E-state index in [0.717, 1.165) is 21.0 Å². The Labute approximate surface area is 194 Å². The summed E-state index contributed by atoms with van der Waals surface area (Å²) in [4.78, 5) is 12.7. The van der Waals surface area contributed by atoms with Crippen LogP contribution in [-0.4, -0.2) is 33.6 Å². The Morgan fingerprint density at radius 1 is 0.848 bits per heavy atom. The van der Waals surface area contributed by atoms with Crippen molar-refractivity contribution in [2.24, 2.45) is 5.14 Å². The maximum absolute atomic E-state index is 13.3. The first-order chi connectivity index (χ1) is 15.4. The molecule has 0 fully saturated rings. The van der Waals surface area contributed by atoms with Gasteiger partial charge >= 0.3 is 0 Å². The van der Waals surface area contributed by atoms with Crippen molar-refractivity contribution in [3.63, 3.8) is 0 Å². The minimum absolute atomic E-state index is 0.00959. The summed E-state index contributed by atoms with van der Waals surface area (Å²) in [6.07, 6.45) is 0. The van der Waals surface area contributed by atoms with Crippen molar-refractivity contribution in [2.75, 3.05) is 11.9 Å². The second kappa shape index (κ2) is 9.84. The zero-order chi connectivity index (χ0) is 24.2. The Balaban J connectivity index is 1.85. The van der Waals surface area contributed by atoms with Gasteiger partial charge in [-0.05, 0) is 55.8 Å². The Hall–Kier alpha value is -3.05. The van der Waals surface area contributed by atoms with Gasteiger partial charge in [-0.1, -0.05) is 47.5 Å². The topological polar surface area (TPSA) is 127 Å². The van der Waals surface area contributed by atoms with E-state index in [9.17, 15) is 21.6 Å². The van der Waals surface area contributed by atoms with Gasteiger partial charge in [0.15, 0.2) is 0 Å². The Bertz CT molecular complexity index is 1350.